The molecule has 1 aromatic carbocycles. The van der Waals surface area contributed by atoms with Crippen molar-refractivity contribution in [2.75, 3.05) is 31.1 Å². The second-order valence-corrected chi connectivity index (χ2v) is 5.71. The molecule has 23 heavy (non-hydrogen) atoms. The Bertz CT molecular complexity index is 545. The maximum atomic E-state index is 11.5. The Labute approximate surface area is 156 Å². The normalized spacial score (nSPS) is 13.6. The highest BCUT2D eigenvalue weighted by Gasteiger charge is 2.22. The van der Waals surface area contributed by atoms with Crippen molar-refractivity contribution in [1.29, 1.82) is 0 Å². The number of fused-ring (bicyclic) bond motifs is 1. The third-order valence-electron chi connectivity index (χ3n) is 3.67. The van der Waals surface area contributed by atoms with E-state index >= 15 is 0 Å². The van der Waals surface area contributed by atoms with E-state index in [2.05, 4.69) is 51.7 Å². The third-order valence-corrected chi connectivity index (χ3v) is 3.67. The summed E-state index contributed by atoms with van der Waals surface area (Å²) in [5.74, 6) is 0.987. The van der Waals surface area contributed by atoms with E-state index in [0.29, 0.717) is 13.1 Å². The van der Waals surface area contributed by atoms with E-state index in [1.807, 2.05) is 13.8 Å². The molecule has 6 heteroatoms. The van der Waals surface area contributed by atoms with Gasteiger partial charge in [0.05, 0.1) is 6.54 Å². The van der Waals surface area contributed by atoms with E-state index in [1.165, 1.54) is 11.3 Å². The second kappa shape index (κ2) is 9.75. The Balaban J connectivity index is 0.00000264. The van der Waals surface area contributed by atoms with Crippen LogP contribution in [-0.4, -0.2) is 38.0 Å². The number of rotatable bonds is 5. The molecule has 128 valence electrons. The van der Waals surface area contributed by atoms with Gasteiger partial charge in [0.2, 0.25) is 5.91 Å². The van der Waals surface area contributed by atoms with Crippen LogP contribution in [0.4, 0.5) is 5.69 Å². The largest absolute Gasteiger partial charge is 0.356 e. The van der Waals surface area contributed by atoms with Crippen molar-refractivity contribution in [3.8, 4) is 0 Å². The van der Waals surface area contributed by atoms with Gasteiger partial charge in [0.15, 0.2) is 5.96 Å². The predicted molar refractivity (Wildman–Crippen MR) is 107 cm³/mol. The van der Waals surface area contributed by atoms with Crippen LogP contribution in [0.25, 0.3) is 0 Å². The molecule has 1 aliphatic heterocycles. The van der Waals surface area contributed by atoms with Gasteiger partial charge in [-0.25, -0.2) is 0 Å². The van der Waals surface area contributed by atoms with Gasteiger partial charge in [-0.1, -0.05) is 32.0 Å². The van der Waals surface area contributed by atoms with Crippen LogP contribution in [0.1, 0.15) is 26.3 Å². The minimum atomic E-state index is 0. The molecule has 0 saturated carbocycles. The Morgan fingerprint density at radius 1 is 1.30 bits per heavy atom. The quantitative estimate of drug-likeness (QED) is 0.327. The average molecular weight is 430 g/mol. The van der Waals surface area contributed by atoms with Crippen LogP contribution in [-0.2, 0) is 11.2 Å². The number of benzene rings is 1. The van der Waals surface area contributed by atoms with Crippen LogP contribution >= 0.6 is 24.0 Å². The van der Waals surface area contributed by atoms with Crippen molar-refractivity contribution >= 4 is 41.5 Å². The van der Waals surface area contributed by atoms with Gasteiger partial charge in [-0.15, -0.1) is 24.0 Å². The maximum Gasteiger partial charge on any atom is 0.222 e. The first kappa shape index (κ1) is 19.7. The van der Waals surface area contributed by atoms with Gasteiger partial charge in [-0.3, -0.25) is 9.79 Å². The summed E-state index contributed by atoms with van der Waals surface area (Å²) in [5.41, 5.74) is 2.59. The summed E-state index contributed by atoms with van der Waals surface area (Å²) in [7, 11) is 0. The molecule has 0 atom stereocenters. The fourth-order valence-corrected chi connectivity index (χ4v) is 2.50. The number of nitrogens with zero attached hydrogens (tertiary/aromatic N) is 2. The minimum Gasteiger partial charge on any atom is -0.356 e. The van der Waals surface area contributed by atoms with Gasteiger partial charge < -0.3 is 15.5 Å². The number of nitrogens with one attached hydrogen (secondary N) is 2. The Morgan fingerprint density at radius 2 is 2.04 bits per heavy atom. The SMILES string of the molecule is CCNC(=NCCNC(=O)C(C)C)N1CCc2ccccc21.I. The molecule has 0 unspecified atom stereocenters. The summed E-state index contributed by atoms with van der Waals surface area (Å²) in [6.07, 6.45) is 1.05. The zero-order chi connectivity index (χ0) is 15.9. The standard InChI is InChI=1S/C17H26N4O.HI/c1-4-18-17(20-11-10-19-16(22)13(2)3)21-12-9-14-7-5-6-8-15(14)21;/h5-8,13H,4,9-12H2,1-3H3,(H,18,20)(H,19,22);1H. The monoisotopic (exact) mass is 430 g/mol. The summed E-state index contributed by atoms with van der Waals surface area (Å²) < 4.78 is 0. The van der Waals surface area contributed by atoms with Crippen molar-refractivity contribution < 1.29 is 4.79 Å². The van der Waals surface area contributed by atoms with Crippen LogP contribution < -0.4 is 15.5 Å². The molecule has 1 heterocycles. The highest BCUT2D eigenvalue weighted by atomic mass is 127. The lowest BCUT2D eigenvalue weighted by Crippen LogP contribution is -2.41. The summed E-state index contributed by atoms with van der Waals surface area (Å²) in [5, 5.41) is 6.24. The molecule has 5 nitrogen and oxygen atoms in total. The lowest BCUT2D eigenvalue weighted by molar-refractivity contribution is -0.123. The Morgan fingerprint density at radius 3 is 2.74 bits per heavy atom. The molecule has 1 amide bonds. The predicted octanol–water partition coefficient (Wildman–Crippen LogP) is 2.40. The lowest BCUT2D eigenvalue weighted by atomic mass is 10.2. The fourth-order valence-electron chi connectivity index (χ4n) is 2.50. The van der Waals surface area contributed by atoms with Crippen molar-refractivity contribution in [3.05, 3.63) is 29.8 Å². The molecular weight excluding hydrogens is 403 g/mol. The topological polar surface area (TPSA) is 56.7 Å². The minimum absolute atomic E-state index is 0. The van der Waals surface area contributed by atoms with Crippen LogP contribution in [0.15, 0.2) is 29.3 Å². The number of hydrogen-bond donors (Lipinski definition) is 2. The number of carbonyl (C=O) groups is 1. The zero-order valence-electron chi connectivity index (χ0n) is 14.1. The number of guanidine groups is 1. The number of carbonyl (C=O) groups excluding carboxylic acids is 1. The highest BCUT2D eigenvalue weighted by molar-refractivity contribution is 14.0. The van der Waals surface area contributed by atoms with Crippen molar-refractivity contribution in [3.63, 3.8) is 0 Å². The first-order chi connectivity index (χ1) is 10.6. The molecule has 2 rings (SSSR count). The van der Waals surface area contributed by atoms with Gasteiger partial charge >= 0.3 is 0 Å². The van der Waals surface area contributed by atoms with Gasteiger partial charge in [0, 0.05) is 31.2 Å². The molecular formula is C17H27IN4O. The number of para-hydroxylation sites is 1. The van der Waals surface area contributed by atoms with Gasteiger partial charge in [0.25, 0.3) is 0 Å². The zero-order valence-corrected chi connectivity index (χ0v) is 16.5. The van der Waals surface area contributed by atoms with Gasteiger partial charge in [0.1, 0.15) is 0 Å². The van der Waals surface area contributed by atoms with Crippen LogP contribution in [0, 0.1) is 5.92 Å². The highest BCUT2D eigenvalue weighted by Crippen LogP contribution is 2.27. The first-order valence-electron chi connectivity index (χ1n) is 8.05. The van der Waals surface area contributed by atoms with Crippen LogP contribution in [0.2, 0.25) is 0 Å². The first-order valence-corrected chi connectivity index (χ1v) is 8.05. The summed E-state index contributed by atoms with van der Waals surface area (Å²) >= 11 is 0. The average Bonchev–Trinajstić information content (AvgIpc) is 2.94. The molecule has 0 radical (unpaired) electrons. The molecule has 0 aromatic heterocycles. The Hall–Kier alpha value is -1.31. The van der Waals surface area contributed by atoms with E-state index in [-0.39, 0.29) is 35.8 Å². The maximum absolute atomic E-state index is 11.5. The third kappa shape index (κ3) is 5.37. The van der Waals surface area contributed by atoms with Crippen molar-refractivity contribution in [1.82, 2.24) is 10.6 Å². The van der Waals surface area contributed by atoms with Gasteiger partial charge in [-0.2, -0.15) is 0 Å². The van der Waals surface area contributed by atoms with E-state index in [9.17, 15) is 4.79 Å². The molecule has 0 fully saturated rings. The second-order valence-electron chi connectivity index (χ2n) is 5.71. The number of aliphatic imine (C=N–C) groups is 1. The molecule has 0 spiro atoms. The fraction of sp³-hybridized carbons (Fsp3) is 0.529. The van der Waals surface area contributed by atoms with E-state index in [1.54, 1.807) is 0 Å². The molecule has 0 bridgehead atoms. The van der Waals surface area contributed by atoms with Crippen molar-refractivity contribution in [2.24, 2.45) is 10.9 Å². The Kier molecular flexibility index (Phi) is 8.36. The van der Waals surface area contributed by atoms with Crippen LogP contribution in [0.3, 0.4) is 0 Å². The summed E-state index contributed by atoms with van der Waals surface area (Å²) in [4.78, 5) is 18.4. The lowest BCUT2D eigenvalue weighted by Gasteiger charge is -2.22. The number of anilines is 1. The molecule has 1 aromatic rings. The molecule has 0 saturated heterocycles. The number of halogens is 1. The van der Waals surface area contributed by atoms with Crippen molar-refractivity contribution in [2.45, 2.75) is 27.2 Å². The number of amides is 1. The van der Waals surface area contributed by atoms with E-state index < -0.39 is 0 Å². The molecule has 0 aliphatic carbocycles. The summed E-state index contributed by atoms with van der Waals surface area (Å²) in [6, 6.07) is 8.44. The molecule has 1 aliphatic rings. The van der Waals surface area contributed by atoms with E-state index in [4.69, 9.17) is 0 Å². The smallest absolute Gasteiger partial charge is 0.222 e. The van der Waals surface area contributed by atoms with Crippen LogP contribution in [0.5, 0.6) is 0 Å². The van der Waals surface area contributed by atoms with Gasteiger partial charge in [-0.05, 0) is 25.0 Å². The molecule has 2 N–H and O–H groups in total. The summed E-state index contributed by atoms with van der Waals surface area (Å²) in [6.45, 7) is 8.78. The van der Waals surface area contributed by atoms with E-state index in [0.717, 1.165) is 25.5 Å². The number of hydrogen-bond acceptors (Lipinski definition) is 2.